The van der Waals surface area contributed by atoms with Gasteiger partial charge in [-0.2, -0.15) is 13.2 Å². The molecule has 0 fully saturated rings. The Hall–Kier alpha value is -3.66. The van der Waals surface area contributed by atoms with E-state index in [1.165, 1.54) is 31.5 Å². The standard InChI is InChI=1S/C22H22ClF3N4O3/c1-13(20(31)28-2)11-17(9-10-27)33-16-6-3-14(4-7-16)29-21(32)30-15-5-8-19(23)18(12-15)22(24,25)26/h3,5-12,14H,1,4,27H2,2H3,(H,28,31)(H2,29,30,32)/b10-9-,17-11+. The first-order valence-electron chi connectivity index (χ1n) is 9.55. The lowest BCUT2D eigenvalue weighted by Gasteiger charge is -2.19. The van der Waals surface area contributed by atoms with Crippen molar-refractivity contribution in [3.63, 3.8) is 0 Å². The summed E-state index contributed by atoms with van der Waals surface area (Å²) in [5, 5.41) is 6.96. The molecule has 33 heavy (non-hydrogen) atoms. The average molecular weight is 483 g/mol. The molecule has 0 aromatic heterocycles. The van der Waals surface area contributed by atoms with Gasteiger partial charge in [-0.15, -0.1) is 0 Å². The van der Waals surface area contributed by atoms with Crippen LogP contribution in [0.15, 0.2) is 78.4 Å². The minimum absolute atomic E-state index is 0.0525. The van der Waals surface area contributed by atoms with Crippen LogP contribution in [-0.4, -0.2) is 25.0 Å². The number of allylic oxidation sites excluding steroid dienone is 2. The van der Waals surface area contributed by atoms with Crippen LogP contribution in [0.5, 0.6) is 0 Å². The number of halogens is 4. The highest BCUT2D eigenvalue weighted by molar-refractivity contribution is 6.31. The van der Waals surface area contributed by atoms with Gasteiger partial charge in [0, 0.05) is 18.3 Å². The maximum atomic E-state index is 13.0. The first kappa shape index (κ1) is 25.6. The zero-order valence-corrected chi connectivity index (χ0v) is 18.3. The zero-order valence-electron chi connectivity index (χ0n) is 17.5. The number of carbonyl (C=O) groups is 2. The van der Waals surface area contributed by atoms with Gasteiger partial charge >= 0.3 is 12.2 Å². The number of hydrogen-bond donors (Lipinski definition) is 4. The van der Waals surface area contributed by atoms with Crippen LogP contribution in [-0.2, 0) is 15.7 Å². The Morgan fingerprint density at radius 2 is 2.06 bits per heavy atom. The normalized spacial score (nSPS) is 16.2. The van der Waals surface area contributed by atoms with Crippen LogP contribution in [0.1, 0.15) is 12.0 Å². The highest BCUT2D eigenvalue weighted by Gasteiger charge is 2.33. The van der Waals surface area contributed by atoms with Crippen LogP contribution in [0.3, 0.4) is 0 Å². The molecule has 1 unspecified atom stereocenters. The van der Waals surface area contributed by atoms with E-state index < -0.39 is 28.8 Å². The topological polar surface area (TPSA) is 105 Å². The highest BCUT2D eigenvalue weighted by atomic mass is 35.5. The maximum absolute atomic E-state index is 13.0. The van der Waals surface area contributed by atoms with E-state index in [4.69, 9.17) is 22.1 Å². The molecular formula is C22H22ClF3N4O3. The van der Waals surface area contributed by atoms with Gasteiger partial charge in [-0.05, 0) is 55.1 Å². The molecule has 0 heterocycles. The molecule has 7 nitrogen and oxygen atoms in total. The Morgan fingerprint density at radius 1 is 1.33 bits per heavy atom. The summed E-state index contributed by atoms with van der Waals surface area (Å²) in [5.41, 5.74) is 4.48. The summed E-state index contributed by atoms with van der Waals surface area (Å²) in [4.78, 5) is 23.8. The minimum Gasteiger partial charge on any atom is -0.458 e. The summed E-state index contributed by atoms with van der Waals surface area (Å²) in [5.74, 6) is 0.331. The third kappa shape index (κ3) is 7.76. The lowest BCUT2D eigenvalue weighted by molar-refractivity contribution is -0.137. The molecule has 11 heteroatoms. The van der Waals surface area contributed by atoms with Crippen molar-refractivity contribution in [1.29, 1.82) is 0 Å². The number of nitrogens with two attached hydrogens (primary N) is 1. The maximum Gasteiger partial charge on any atom is 0.417 e. The number of hydrogen-bond acceptors (Lipinski definition) is 4. The fraction of sp³-hybridized carbons (Fsp3) is 0.182. The van der Waals surface area contributed by atoms with Crippen LogP contribution in [0.2, 0.25) is 5.02 Å². The van der Waals surface area contributed by atoms with Gasteiger partial charge < -0.3 is 26.4 Å². The van der Waals surface area contributed by atoms with Crippen molar-refractivity contribution in [2.45, 2.75) is 18.6 Å². The molecule has 0 aliphatic heterocycles. The van der Waals surface area contributed by atoms with Crippen molar-refractivity contribution >= 4 is 29.2 Å². The summed E-state index contributed by atoms with van der Waals surface area (Å²) in [6, 6.07) is 1.98. The molecule has 0 bridgehead atoms. The largest absolute Gasteiger partial charge is 0.458 e. The molecule has 2 rings (SSSR count). The van der Waals surface area contributed by atoms with E-state index >= 15 is 0 Å². The van der Waals surface area contributed by atoms with E-state index in [1.807, 2.05) is 0 Å². The highest BCUT2D eigenvalue weighted by Crippen LogP contribution is 2.36. The lowest BCUT2D eigenvalue weighted by atomic mass is 10.1. The van der Waals surface area contributed by atoms with E-state index in [2.05, 4.69) is 22.5 Å². The van der Waals surface area contributed by atoms with Crippen LogP contribution in [0.4, 0.5) is 23.7 Å². The number of likely N-dealkylation sites (N-methyl/N-ethyl adjacent to an activating group) is 1. The molecular weight excluding hydrogens is 461 g/mol. The van der Waals surface area contributed by atoms with Gasteiger partial charge in [0.25, 0.3) is 5.91 Å². The molecule has 0 saturated heterocycles. The van der Waals surface area contributed by atoms with E-state index in [-0.39, 0.29) is 22.9 Å². The van der Waals surface area contributed by atoms with Crippen molar-refractivity contribution in [3.05, 3.63) is 89.0 Å². The van der Waals surface area contributed by atoms with E-state index in [1.54, 1.807) is 18.2 Å². The number of ether oxygens (including phenoxy) is 1. The molecule has 5 N–H and O–H groups in total. The first-order chi connectivity index (χ1) is 15.5. The van der Waals surface area contributed by atoms with Crippen LogP contribution >= 0.6 is 11.6 Å². The fourth-order valence-electron chi connectivity index (χ4n) is 2.68. The smallest absolute Gasteiger partial charge is 0.417 e. The monoisotopic (exact) mass is 482 g/mol. The van der Waals surface area contributed by atoms with Crippen molar-refractivity contribution in [3.8, 4) is 0 Å². The number of carbonyl (C=O) groups excluding carboxylic acids is 2. The Morgan fingerprint density at radius 3 is 2.64 bits per heavy atom. The molecule has 1 aromatic carbocycles. The molecule has 0 spiro atoms. The quantitative estimate of drug-likeness (QED) is 0.263. The second kappa shape index (κ2) is 11.3. The molecule has 0 radical (unpaired) electrons. The molecule has 0 saturated carbocycles. The predicted molar refractivity (Wildman–Crippen MR) is 120 cm³/mol. The number of benzene rings is 1. The summed E-state index contributed by atoms with van der Waals surface area (Å²) in [7, 11) is 1.47. The number of anilines is 1. The van der Waals surface area contributed by atoms with Crippen LogP contribution < -0.4 is 21.7 Å². The fourth-order valence-corrected chi connectivity index (χ4v) is 2.90. The number of urea groups is 1. The average Bonchev–Trinajstić information content (AvgIpc) is 2.75. The number of nitrogens with one attached hydrogen (secondary N) is 3. The van der Waals surface area contributed by atoms with E-state index in [0.29, 0.717) is 12.2 Å². The third-order valence-electron chi connectivity index (χ3n) is 4.24. The van der Waals surface area contributed by atoms with Gasteiger partial charge in [0.1, 0.15) is 11.5 Å². The van der Waals surface area contributed by atoms with E-state index in [9.17, 15) is 22.8 Å². The van der Waals surface area contributed by atoms with Crippen LogP contribution in [0.25, 0.3) is 0 Å². The van der Waals surface area contributed by atoms with Crippen molar-refractivity contribution < 1.29 is 27.5 Å². The Kier molecular flexibility index (Phi) is 8.75. The molecule has 176 valence electrons. The molecule has 3 amide bonds. The Balaban J connectivity index is 1.96. The SMILES string of the molecule is C=C(/C=C(\C=C/N)OC1=CCC(NC(=O)Nc2ccc(Cl)c(C(F)(F)F)c2)C=C1)C(=O)NC. The second-order valence-corrected chi connectivity index (χ2v) is 7.12. The molecule has 1 aliphatic carbocycles. The Bertz CT molecular complexity index is 1050. The summed E-state index contributed by atoms with van der Waals surface area (Å²) >= 11 is 5.58. The van der Waals surface area contributed by atoms with Crippen molar-refractivity contribution in [1.82, 2.24) is 10.6 Å². The molecule has 1 aliphatic rings. The third-order valence-corrected chi connectivity index (χ3v) is 4.57. The molecule has 1 atom stereocenters. The van der Waals surface area contributed by atoms with Gasteiger partial charge in [-0.3, -0.25) is 4.79 Å². The summed E-state index contributed by atoms with van der Waals surface area (Å²) in [6.45, 7) is 3.64. The summed E-state index contributed by atoms with van der Waals surface area (Å²) in [6.07, 6.45) is 4.75. The van der Waals surface area contributed by atoms with Gasteiger partial charge in [0.2, 0.25) is 0 Å². The number of amides is 3. The van der Waals surface area contributed by atoms with Crippen molar-refractivity contribution in [2.24, 2.45) is 5.73 Å². The zero-order chi connectivity index (χ0) is 24.6. The van der Waals surface area contributed by atoms with Gasteiger partial charge in [0.05, 0.1) is 16.6 Å². The van der Waals surface area contributed by atoms with Gasteiger partial charge in [0.15, 0.2) is 0 Å². The number of alkyl halides is 3. The molecule has 1 aromatic rings. The minimum atomic E-state index is -4.64. The van der Waals surface area contributed by atoms with Gasteiger partial charge in [-0.1, -0.05) is 24.3 Å². The van der Waals surface area contributed by atoms with Crippen molar-refractivity contribution in [2.75, 3.05) is 12.4 Å². The lowest BCUT2D eigenvalue weighted by Crippen LogP contribution is -2.37. The predicted octanol–water partition coefficient (Wildman–Crippen LogP) is 4.37. The summed E-state index contributed by atoms with van der Waals surface area (Å²) < 4.78 is 44.6. The second-order valence-electron chi connectivity index (χ2n) is 6.71. The Labute approximate surface area is 193 Å². The number of rotatable bonds is 7. The van der Waals surface area contributed by atoms with Gasteiger partial charge in [-0.25, -0.2) is 4.79 Å². The first-order valence-corrected chi connectivity index (χ1v) is 9.92. The van der Waals surface area contributed by atoms with Crippen LogP contribution in [0, 0.1) is 0 Å². The van der Waals surface area contributed by atoms with E-state index in [0.717, 1.165) is 12.1 Å².